The van der Waals surface area contributed by atoms with Gasteiger partial charge in [0, 0.05) is 18.7 Å². The summed E-state index contributed by atoms with van der Waals surface area (Å²) in [5, 5.41) is 21.6. The lowest BCUT2D eigenvalue weighted by Crippen LogP contribution is -2.17. The number of nitrogens with one attached hydrogen (secondary N) is 1. The Labute approximate surface area is 102 Å². The van der Waals surface area contributed by atoms with E-state index in [2.05, 4.69) is 11.9 Å². The Balaban J connectivity index is 2.91. The normalized spacial score (nSPS) is 10.2. The van der Waals surface area contributed by atoms with Crippen molar-refractivity contribution in [3.8, 4) is 11.5 Å². The van der Waals surface area contributed by atoms with E-state index >= 15 is 0 Å². The van der Waals surface area contributed by atoms with Gasteiger partial charge >= 0.3 is 0 Å². The smallest absolute Gasteiger partial charge is 0.162 e. The maximum atomic E-state index is 9.93. The topological polar surface area (TPSA) is 61.7 Å². The summed E-state index contributed by atoms with van der Waals surface area (Å²) in [5.74, 6) is 0.607. The van der Waals surface area contributed by atoms with Gasteiger partial charge < -0.3 is 20.3 Å². The lowest BCUT2D eigenvalue weighted by molar-refractivity contribution is 0.291. The van der Waals surface area contributed by atoms with Gasteiger partial charge in [-0.05, 0) is 18.1 Å². The summed E-state index contributed by atoms with van der Waals surface area (Å²) in [6.07, 6.45) is 2.53. The van der Waals surface area contributed by atoms with Crippen LogP contribution in [0.3, 0.4) is 0 Å². The highest BCUT2D eigenvalue weighted by atomic mass is 16.5. The van der Waals surface area contributed by atoms with Crippen LogP contribution in [-0.4, -0.2) is 30.5 Å². The molecule has 0 heterocycles. The Morgan fingerprint density at radius 2 is 2.24 bits per heavy atom. The molecule has 1 aromatic carbocycles. The molecule has 0 fully saturated rings. The van der Waals surface area contributed by atoms with Gasteiger partial charge in [0.15, 0.2) is 11.5 Å². The number of ether oxygens (including phenoxy) is 1. The third-order valence-corrected chi connectivity index (χ3v) is 2.42. The molecule has 1 aromatic rings. The van der Waals surface area contributed by atoms with E-state index in [-0.39, 0.29) is 12.4 Å². The molecule has 0 amide bonds. The number of hydrogen-bond acceptors (Lipinski definition) is 4. The van der Waals surface area contributed by atoms with Crippen molar-refractivity contribution >= 4 is 0 Å². The van der Waals surface area contributed by atoms with Crippen molar-refractivity contribution in [1.82, 2.24) is 5.32 Å². The van der Waals surface area contributed by atoms with Crippen LogP contribution in [0.4, 0.5) is 0 Å². The monoisotopic (exact) mass is 237 g/mol. The highest BCUT2D eigenvalue weighted by molar-refractivity contribution is 5.48. The van der Waals surface area contributed by atoms with E-state index in [1.54, 1.807) is 12.1 Å². The van der Waals surface area contributed by atoms with Gasteiger partial charge in [0.2, 0.25) is 0 Å². The number of rotatable bonds is 7. The predicted molar refractivity (Wildman–Crippen MR) is 67.4 cm³/mol. The van der Waals surface area contributed by atoms with Gasteiger partial charge in [0.25, 0.3) is 0 Å². The molecular weight excluding hydrogens is 218 g/mol. The fourth-order valence-corrected chi connectivity index (χ4v) is 1.61. The third-order valence-electron chi connectivity index (χ3n) is 2.42. The molecule has 0 aromatic heterocycles. The fourth-order valence-electron chi connectivity index (χ4n) is 1.61. The molecule has 0 unspecified atom stereocenters. The van der Waals surface area contributed by atoms with Crippen molar-refractivity contribution in [3.05, 3.63) is 35.9 Å². The Morgan fingerprint density at radius 3 is 2.82 bits per heavy atom. The molecule has 1 rings (SSSR count). The summed E-state index contributed by atoms with van der Waals surface area (Å²) in [7, 11) is 1.53. The second kappa shape index (κ2) is 6.93. The van der Waals surface area contributed by atoms with Crippen LogP contribution in [0.25, 0.3) is 0 Å². The summed E-state index contributed by atoms with van der Waals surface area (Å²) >= 11 is 0. The van der Waals surface area contributed by atoms with Gasteiger partial charge in [-0.1, -0.05) is 12.1 Å². The Hall–Kier alpha value is -1.52. The molecular formula is C13H19NO3. The van der Waals surface area contributed by atoms with Crippen LogP contribution in [0.2, 0.25) is 0 Å². The molecule has 0 saturated heterocycles. The van der Waals surface area contributed by atoms with Crippen molar-refractivity contribution in [3.63, 3.8) is 0 Å². The number of aliphatic hydroxyl groups excluding tert-OH is 1. The van der Waals surface area contributed by atoms with Crippen LogP contribution in [0, 0.1) is 0 Å². The second-order valence-corrected chi connectivity index (χ2v) is 3.70. The van der Waals surface area contributed by atoms with Crippen molar-refractivity contribution in [2.24, 2.45) is 0 Å². The summed E-state index contributed by atoms with van der Waals surface area (Å²) in [6, 6.07) is 3.70. The van der Waals surface area contributed by atoms with Crippen LogP contribution >= 0.6 is 0 Å². The number of methoxy groups -OCH3 is 1. The first-order valence-corrected chi connectivity index (χ1v) is 5.54. The van der Waals surface area contributed by atoms with Crippen LogP contribution < -0.4 is 10.1 Å². The van der Waals surface area contributed by atoms with Gasteiger partial charge in [-0.2, -0.15) is 0 Å². The molecule has 94 valence electrons. The average Bonchev–Trinajstić information content (AvgIpc) is 2.33. The number of phenols is 1. The van der Waals surface area contributed by atoms with Crippen LogP contribution in [0.5, 0.6) is 11.5 Å². The summed E-state index contributed by atoms with van der Waals surface area (Å²) in [4.78, 5) is 0. The summed E-state index contributed by atoms with van der Waals surface area (Å²) < 4.78 is 5.12. The maximum Gasteiger partial charge on any atom is 0.162 e. The number of hydrogen-bond donors (Lipinski definition) is 3. The molecule has 0 atom stereocenters. The first kappa shape index (κ1) is 13.5. The van der Waals surface area contributed by atoms with E-state index in [4.69, 9.17) is 9.84 Å². The molecule has 0 aliphatic carbocycles. The lowest BCUT2D eigenvalue weighted by Gasteiger charge is -2.12. The van der Waals surface area contributed by atoms with E-state index in [1.165, 1.54) is 7.11 Å². The molecule has 0 aliphatic heterocycles. The SMILES string of the molecule is C=CCc1cc(CNCCO)c(O)c(OC)c1. The van der Waals surface area contributed by atoms with E-state index in [0.29, 0.717) is 18.8 Å². The Kier molecular flexibility index (Phi) is 5.52. The van der Waals surface area contributed by atoms with E-state index in [1.807, 2.05) is 6.07 Å². The standard InChI is InChI=1S/C13H19NO3/c1-3-4-10-7-11(9-14-5-6-15)13(16)12(8-10)17-2/h3,7-8,14-16H,1,4-6,9H2,2H3. The lowest BCUT2D eigenvalue weighted by atomic mass is 10.1. The molecule has 4 nitrogen and oxygen atoms in total. The van der Waals surface area contributed by atoms with Crippen molar-refractivity contribution in [2.45, 2.75) is 13.0 Å². The minimum Gasteiger partial charge on any atom is -0.504 e. The molecule has 17 heavy (non-hydrogen) atoms. The number of aromatic hydroxyl groups is 1. The quantitative estimate of drug-likeness (QED) is 0.493. The molecule has 0 saturated carbocycles. The molecule has 0 aliphatic rings. The zero-order valence-corrected chi connectivity index (χ0v) is 10.1. The Morgan fingerprint density at radius 1 is 1.47 bits per heavy atom. The van der Waals surface area contributed by atoms with E-state index < -0.39 is 0 Å². The van der Waals surface area contributed by atoms with Gasteiger partial charge in [-0.15, -0.1) is 6.58 Å². The van der Waals surface area contributed by atoms with E-state index in [9.17, 15) is 5.11 Å². The largest absolute Gasteiger partial charge is 0.504 e. The number of aliphatic hydroxyl groups is 1. The minimum absolute atomic E-state index is 0.0737. The van der Waals surface area contributed by atoms with Gasteiger partial charge in [-0.3, -0.25) is 0 Å². The highest BCUT2D eigenvalue weighted by Crippen LogP contribution is 2.31. The van der Waals surface area contributed by atoms with Crippen LogP contribution in [0.15, 0.2) is 24.8 Å². The van der Waals surface area contributed by atoms with Crippen LogP contribution in [-0.2, 0) is 13.0 Å². The number of phenolic OH excluding ortho intramolecular Hbond substituents is 1. The molecule has 0 spiro atoms. The zero-order chi connectivity index (χ0) is 12.7. The average molecular weight is 237 g/mol. The minimum atomic E-state index is 0.0737. The molecule has 0 bridgehead atoms. The number of benzene rings is 1. The van der Waals surface area contributed by atoms with Crippen LogP contribution in [0.1, 0.15) is 11.1 Å². The molecule has 0 radical (unpaired) electrons. The maximum absolute atomic E-state index is 9.93. The predicted octanol–water partition coefficient (Wildman–Crippen LogP) is 1.21. The van der Waals surface area contributed by atoms with Gasteiger partial charge in [0.1, 0.15) is 0 Å². The second-order valence-electron chi connectivity index (χ2n) is 3.70. The highest BCUT2D eigenvalue weighted by Gasteiger charge is 2.09. The Bertz CT molecular complexity index is 377. The first-order valence-electron chi connectivity index (χ1n) is 5.54. The van der Waals surface area contributed by atoms with Crippen molar-refractivity contribution < 1.29 is 14.9 Å². The summed E-state index contributed by atoms with van der Waals surface area (Å²) in [6.45, 7) is 4.75. The first-order chi connectivity index (χ1) is 8.22. The van der Waals surface area contributed by atoms with Crippen molar-refractivity contribution in [1.29, 1.82) is 0 Å². The van der Waals surface area contributed by atoms with Crippen molar-refractivity contribution in [2.75, 3.05) is 20.3 Å². The number of allylic oxidation sites excluding steroid dienone is 1. The third kappa shape index (κ3) is 3.76. The summed E-state index contributed by atoms with van der Waals surface area (Å²) in [5.41, 5.74) is 1.80. The van der Waals surface area contributed by atoms with Gasteiger partial charge in [0.05, 0.1) is 13.7 Å². The molecule has 3 N–H and O–H groups in total. The fraction of sp³-hybridized carbons (Fsp3) is 0.385. The van der Waals surface area contributed by atoms with E-state index in [0.717, 1.165) is 17.5 Å². The zero-order valence-electron chi connectivity index (χ0n) is 10.1. The van der Waals surface area contributed by atoms with Gasteiger partial charge in [-0.25, -0.2) is 0 Å². The molecule has 4 heteroatoms.